The molecule has 0 aliphatic carbocycles. The predicted molar refractivity (Wildman–Crippen MR) is 104 cm³/mol. The summed E-state index contributed by atoms with van der Waals surface area (Å²) < 4.78 is 41.2. The Morgan fingerprint density at radius 2 is 1.66 bits per heavy atom. The molecule has 2 heterocycles. The van der Waals surface area contributed by atoms with Gasteiger partial charge in [0.15, 0.2) is 0 Å². The van der Waals surface area contributed by atoms with Crippen molar-refractivity contribution < 1.29 is 18.3 Å². The third kappa shape index (κ3) is 4.21. The van der Waals surface area contributed by atoms with Gasteiger partial charge in [-0.15, -0.1) is 0 Å². The highest BCUT2D eigenvalue weighted by Crippen LogP contribution is 2.31. The molecule has 2 aromatic carbocycles. The average Bonchev–Trinajstić information content (AvgIpc) is 3.15. The Balaban J connectivity index is 1.61. The third-order valence-electron chi connectivity index (χ3n) is 5.45. The van der Waals surface area contributed by atoms with Crippen LogP contribution in [0, 0.1) is 5.82 Å². The van der Waals surface area contributed by atoms with Crippen LogP contribution in [0.3, 0.4) is 0 Å². The molecule has 0 spiro atoms. The lowest BCUT2D eigenvalue weighted by Gasteiger charge is -2.37. The van der Waals surface area contributed by atoms with Gasteiger partial charge >= 0.3 is 0 Å². The second kappa shape index (κ2) is 8.00. The van der Waals surface area contributed by atoms with E-state index in [-0.39, 0.29) is 18.7 Å². The van der Waals surface area contributed by atoms with E-state index < -0.39 is 12.0 Å². The van der Waals surface area contributed by atoms with E-state index in [1.807, 2.05) is 41.4 Å². The fourth-order valence-electron chi connectivity index (χ4n) is 3.65. The first-order chi connectivity index (χ1) is 13.9. The van der Waals surface area contributed by atoms with Crippen LogP contribution in [0.25, 0.3) is 16.9 Å². The highest BCUT2D eigenvalue weighted by Gasteiger charge is 2.40. The van der Waals surface area contributed by atoms with Gasteiger partial charge in [0, 0.05) is 37.0 Å². The molecule has 1 N–H and O–H groups in total. The number of likely N-dealkylation sites (tertiary alicyclic amines) is 1. The Kier molecular flexibility index (Phi) is 5.43. The molecule has 152 valence electrons. The summed E-state index contributed by atoms with van der Waals surface area (Å²) >= 11 is 0. The van der Waals surface area contributed by atoms with Crippen molar-refractivity contribution in [3.8, 4) is 16.9 Å². The Morgan fingerprint density at radius 3 is 2.28 bits per heavy atom. The minimum absolute atomic E-state index is 0.0311. The number of alkyl halides is 2. The molecule has 1 saturated heterocycles. The number of hydrogen-bond donors (Lipinski definition) is 1. The first-order valence-electron chi connectivity index (χ1n) is 9.57. The number of piperidine rings is 1. The quantitative estimate of drug-likeness (QED) is 0.694. The third-order valence-corrected chi connectivity index (χ3v) is 5.45. The maximum atomic E-state index is 13.4. The molecule has 0 amide bonds. The number of nitrogens with zero attached hydrogens (tertiary/aromatic N) is 3. The van der Waals surface area contributed by atoms with Crippen LogP contribution >= 0.6 is 0 Å². The van der Waals surface area contributed by atoms with E-state index in [0.29, 0.717) is 19.6 Å². The Labute approximate surface area is 167 Å². The largest absolute Gasteiger partial charge is 0.384 e. The Morgan fingerprint density at radius 1 is 1.00 bits per heavy atom. The first-order valence-corrected chi connectivity index (χ1v) is 9.57. The van der Waals surface area contributed by atoms with Crippen LogP contribution in [0.15, 0.2) is 60.8 Å². The molecule has 0 radical (unpaired) electrons. The zero-order chi connectivity index (χ0) is 20.4. The average molecular weight is 401 g/mol. The first kappa shape index (κ1) is 19.7. The van der Waals surface area contributed by atoms with Crippen molar-refractivity contribution in [3.63, 3.8) is 0 Å². The lowest BCUT2D eigenvalue weighted by atomic mass is 9.91. The number of hydrogen-bond acceptors (Lipinski definition) is 3. The molecule has 0 atom stereocenters. The zero-order valence-electron chi connectivity index (χ0n) is 15.8. The Bertz CT molecular complexity index is 949. The molecular weight excluding hydrogens is 379 g/mol. The smallest absolute Gasteiger partial charge is 0.266 e. The van der Waals surface area contributed by atoms with Crippen molar-refractivity contribution in [1.82, 2.24) is 14.7 Å². The summed E-state index contributed by atoms with van der Waals surface area (Å²) in [5, 5.41) is 14.7. The highest BCUT2D eigenvalue weighted by atomic mass is 19.3. The van der Waals surface area contributed by atoms with Gasteiger partial charge in [0.1, 0.15) is 11.4 Å². The Hall–Kier alpha value is -2.64. The van der Waals surface area contributed by atoms with E-state index in [0.717, 1.165) is 22.5 Å². The molecule has 0 unspecified atom stereocenters. The molecule has 4 nitrogen and oxygen atoms in total. The molecule has 4 rings (SSSR count). The van der Waals surface area contributed by atoms with E-state index >= 15 is 0 Å². The number of benzene rings is 2. The van der Waals surface area contributed by atoms with E-state index in [1.54, 1.807) is 16.8 Å². The van der Waals surface area contributed by atoms with Crippen molar-refractivity contribution in [1.29, 1.82) is 0 Å². The van der Waals surface area contributed by atoms with E-state index in [2.05, 4.69) is 0 Å². The van der Waals surface area contributed by atoms with Gasteiger partial charge in [0.05, 0.1) is 11.4 Å². The van der Waals surface area contributed by atoms with Gasteiger partial charge in [-0.25, -0.2) is 17.9 Å². The van der Waals surface area contributed by atoms with Crippen LogP contribution < -0.4 is 0 Å². The minimum Gasteiger partial charge on any atom is -0.384 e. The molecule has 1 aliphatic heterocycles. The topological polar surface area (TPSA) is 41.3 Å². The summed E-state index contributed by atoms with van der Waals surface area (Å²) in [5.41, 5.74) is 1.43. The van der Waals surface area contributed by atoms with Crippen LogP contribution in [0.1, 0.15) is 18.4 Å². The van der Waals surface area contributed by atoms with Crippen LogP contribution in [0.2, 0.25) is 0 Å². The van der Waals surface area contributed by atoms with Crippen molar-refractivity contribution in [2.45, 2.75) is 31.4 Å². The fraction of sp³-hybridized carbons (Fsp3) is 0.318. The zero-order valence-corrected chi connectivity index (χ0v) is 15.8. The maximum absolute atomic E-state index is 13.4. The van der Waals surface area contributed by atoms with E-state index in [1.165, 1.54) is 12.1 Å². The number of halogens is 3. The standard InChI is InChI=1S/C22H22F3N3O/c23-18-8-6-16(7-9-18)20-17(15-28(26-20)19-4-2-1-3-5-19)14-27-12-10-22(29,11-13-27)21(24)25/h1-9,15,21,29H,10-14H2. The fourth-order valence-corrected chi connectivity index (χ4v) is 3.65. The van der Waals surface area contributed by atoms with E-state index in [9.17, 15) is 18.3 Å². The minimum atomic E-state index is -2.74. The monoisotopic (exact) mass is 401 g/mol. The van der Waals surface area contributed by atoms with Gasteiger partial charge in [-0.3, -0.25) is 4.90 Å². The summed E-state index contributed by atoms with van der Waals surface area (Å²) in [6.45, 7) is 1.26. The second-order valence-corrected chi connectivity index (χ2v) is 7.47. The van der Waals surface area contributed by atoms with Crippen molar-refractivity contribution >= 4 is 0 Å². The second-order valence-electron chi connectivity index (χ2n) is 7.47. The van der Waals surface area contributed by atoms with Crippen LogP contribution in [0.4, 0.5) is 13.2 Å². The summed E-state index contributed by atoms with van der Waals surface area (Å²) in [6, 6.07) is 15.8. The summed E-state index contributed by atoms with van der Waals surface area (Å²) in [7, 11) is 0. The van der Waals surface area contributed by atoms with Crippen molar-refractivity contribution in [2.24, 2.45) is 0 Å². The summed E-state index contributed by atoms with van der Waals surface area (Å²) in [6.07, 6.45) is -0.755. The molecule has 29 heavy (non-hydrogen) atoms. The van der Waals surface area contributed by atoms with Crippen molar-refractivity contribution in [3.05, 3.63) is 72.2 Å². The lowest BCUT2D eigenvalue weighted by molar-refractivity contribution is -0.127. The molecule has 0 bridgehead atoms. The molecule has 3 aromatic rings. The van der Waals surface area contributed by atoms with Gasteiger partial charge in [-0.2, -0.15) is 5.10 Å². The number of para-hydroxylation sites is 1. The van der Waals surface area contributed by atoms with Gasteiger partial charge in [-0.05, 0) is 49.2 Å². The summed E-state index contributed by atoms with van der Waals surface area (Å²) in [5.74, 6) is -0.319. The molecular formula is C22H22F3N3O. The number of rotatable bonds is 5. The SMILES string of the molecule is OC1(C(F)F)CCN(Cc2cn(-c3ccccc3)nc2-c2ccc(F)cc2)CC1. The van der Waals surface area contributed by atoms with Crippen LogP contribution in [-0.2, 0) is 6.54 Å². The normalized spacial score (nSPS) is 17.0. The van der Waals surface area contributed by atoms with Crippen molar-refractivity contribution in [2.75, 3.05) is 13.1 Å². The van der Waals surface area contributed by atoms with Crippen LogP contribution in [0.5, 0.6) is 0 Å². The summed E-state index contributed by atoms with van der Waals surface area (Å²) in [4.78, 5) is 2.04. The molecule has 7 heteroatoms. The molecule has 1 fully saturated rings. The lowest BCUT2D eigenvalue weighted by Crippen LogP contribution is -2.48. The van der Waals surface area contributed by atoms with Gasteiger partial charge in [0.25, 0.3) is 6.43 Å². The van der Waals surface area contributed by atoms with E-state index in [4.69, 9.17) is 5.10 Å². The maximum Gasteiger partial charge on any atom is 0.266 e. The molecule has 1 aromatic heterocycles. The highest BCUT2D eigenvalue weighted by molar-refractivity contribution is 5.63. The number of aromatic nitrogens is 2. The molecule has 1 aliphatic rings. The molecule has 0 saturated carbocycles. The van der Waals surface area contributed by atoms with Crippen LogP contribution in [-0.4, -0.2) is 44.9 Å². The van der Waals surface area contributed by atoms with Gasteiger partial charge < -0.3 is 5.11 Å². The van der Waals surface area contributed by atoms with Gasteiger partial charge in [0.2, 0.25) is 0 Å². The predicted octanol–water partition coefficient (Wildman–Crippen LogP) is 4.27. The number of aliphatic hydroxyl groups is 1. The van der Waals surface area contributed by atoms with Gasteiger partial charge in [-0.1, -0.05) is 18.2 Å².